The maximum absolute atomic E-state index is 14.2. The van der Waals surface area contributed by atoms with Crippen molar-refractivity contribution in [3.8, 4) is 0 Å². The summed E-state index contributed by atoms with van der Waals surface area (Å²) >= 11 is 0. The third-order valence-electron chi connectivity index (χ3n) is 10.3. The molecule has 4 aliphatic heterocycles. The molecule has 1 saturated carbocycles. The van der Waals surface area contributed by atoms with E-state index in [4.69, 9.17) is 0 Å². The van der Waals surface area contributed by atoms with Gasteiger partial charge in [-0.1, -0.05) is 12.8 Å². The third-order valence-corrected chi connectivity index (χ3v) is 12.7. The molecule has 4 heterocycles. The van der Waals surface area contributed by atoms with Gasteiger partial charge < -0.3 is 10.2 Å². The molecule has 0 bridgehead atoms. The first-order valence-electron chi connectivity index (χ1n) is 15.6. The number of hydrogen-bond acceptors (Lipinski definition) is 6. The molecule has 0 spiro atoms. The Labute approximate surface area is 241 Å². The van der Waals surface area contributed by atoms with Crippen LogP contribution < -0.4 is 10.7 Å². The fourth-order valence-electron chi connectivity index (χ4n) is 8.13. The monoisotopic (exact) mass is 605 g/mol. The fourth-order valence-corrected chi connectivity index (χ4v) is 10.1. The van der Waals surface area contributed by atoms with Crippen molar-refractivity contribution in [3.63, 3.8) is 0 Å². The smallest absolute Gasteiger partial charge is 0.354 e. The number of carbonyl (C=O) groups excluding carboxylic acids is 2. The van der Waals surface area contributed by atoms with E-state index in [1.165, 1.54) is 6.92 Å². The van der Waals surface area contributed by atoms with Gasteiger partial charge >= 0.3 is 6.18 Å². The first-order chi connectivity index (χ1) is 19.4. The van der Waals surface area contributed by atoms with Crippen LogP contribution in [0.15, 0.2) is 0 Å². The van der Waals surface area contributed by atoms with Crippen LogP contribution in [0.2, 0.25) is 0 Å². The predicted molar refractivity (Wildman–Crippen MR) is 148 cm³/mol. The number of carbonyl (C=O) groups is 2. The number of piperidine rings is 2. The minimum Gasteiger partial charge on any atom is -0.354 e. The molecular formula is C28H46F3N5O4S. The van der Waals surface area contributed by atoms with E-state index in [9.17, 15) is 31.2 Å². The fraction of sp³-hybridized carbons (Fsp3) is 0.929. The van der Waals surface area contributed by atoms with Crippen molar-refractivity contribution >= 4 is 21.8 Å². The van der Waals surface area contributed by atoms with Gasteiger partial charge in [0.2, 0.25) is 21.8 Å². The molecule has 5 rings (SSSR count). The Balaban J connectivity index is 1.20. The van der Waals surface area contributed by atoms with Crippen molar-refractivity contribution in [2.45, 2.75) is 114 Å². The third kappa shape index (κ3) is 6.88. The summed E-state index contributed by atoms with van der Waals surface area (Å²) in [5, 5.41) is 4.14. The average molecular weight is 606 g/mol. The van der Waals surface area contributed by atoms with Gasteiger partial charge in [0.25, 0.3) is 0 Å². The van der Waals surface area contributed by atoms with Gasteiger partial charge in [0.15, 0.2) is 0 Å². The highest BCUT2D eigenvalue weighted by Crippen LogP contribution is 2.44. The van der Waals surface area contributed by atoms with E-state index in [-0.39, 0.29) is 29.7 Å². The van der Waals surface area contributed by atoms with Crippen LogP contribution in [0.25, 0.3) is 0 Å². The van der Waals surface area contributed by atoms with E-state index in [0.29, 0.717) is 77.7 Å². The zero-order valence-corrected chi connectivity index (χ0v) is 24.9. The van der Waals surface area contributed by atoms with Crippen LogP contribution in [-0.2, 0) is 19.6 Å². The van der Waals surface area contributed by atoms with E-state index in [2.05, 4.69) is 10.7 Å². The lowest BCUT2D eigenvalue weighted by Crippen LogP contribution is -2.51. The number of nitrogens with zero attached hydrogens (tertiary/aromatic N) is 3. The second-order valence-electron chi connectivity index (χ2n) is 12.9. The van der Waals surface area contributed by atoms with Crippen molar-refractivity contribution in [3.05, 3.63) is 0 Å². The molecule has 1 aliphatic carbocycles. The zero-order chi connectivity index (χ0) is 29.4. The Morgan fingerprint density at radius 1 is 0.829 bits per heavy atom. The highest BCUT2D eigenvalue weighted by atomic mass is 32.2. The Kier molecular flexibility index (Phi) is 9.57. The van der Waals surface area contributed by atoms with E-state index in [0.717, 1.165) is 32.1 Å². The van der Waals surface area contributed by atoms with Crippen molar-refractivity contribution in [1.29, 1.82) is 0 Å². The highest BCUT2D eigenvalue weighted by Gasteiger charge is 2.59. The topological polar surface area (TPSA) is 102 Å². The van der Waals surface area contributed by atoms with Gasteiger partial charge in [-0.25, -0.2) is 23.2 Å². The van der Waals surface area contributed by atoms with Crippen LogP contribution in [0.1, 0.15) is 84.0 Å². The second kappa shape index (κ2) is 12.7. The lowest BCUT2D eigenvalue weighted by Gasteiger charge is -2.43. The van der Waals surface area contributed by atoms with Crippen molar-refractivity contribution in [1.82, 2.24) is 25.0 Å². The van der Waals surface area contributed by atoms with Gasteiger partial charge in [0, 0.05) is 51.7 Å². The highest BCUT2D eigenvalue weighted by molar-refractivity contribution is 7.89. The molecule has 5 aliphatic rings. The van der Waals surface area contributed by atoms with E-state index >= 15 is 0 Å². The number of amides is 2. The zero-order valence-electron chi connectivity index (χ0n) is 24.1. The Morgan fingerprint density at radius 3 is 2.02 bits per heavy atom. The van der Waals surface area contributed by atoms with Gasteiger partial charge in [0.05, 0.1) is 11.2 Å². The maximum atomic E-state index is 14.2. The average Bonchev–Trinajstić information content (AvgIpc) is 3.12. The minimum absolute atomic E-state index is 0.0349. The number of likely N-dealkylation sites (tertiary alicyclic amines) is 1. The molecule has 5 fully saturated rings. The number of fused-ring (bicyclic) bond motifs is 1. The van der Waals surface area contributed by atoms with Gasteiger partial charge in [0.1, 0.15) is 6.04 Å². The predicted octanol–water partition coefficient (Wildman–Crippen LogP) is 3.02. The quantitative estimate of drug-likeness (QED) is 0.500. The van der Waals surface area contributed by atoms with Crippen molar-refractivity contribution < 1.29 is 31.2 Å². The molecule has 234 valence electrons. The molecule has 0 aromatic carbocycles. The molecule has 0 aromatic rings. The Hall–Kier alpha value is -1.44. The second-order valence-corrected chi connectivity index (χ2v) is 15.1. The summed E-state index contributed by atoms with van der Waals surface area (Å²) in [7, 11) is -3.44. The molecule has 0 radical (unpaired) electrons. The van der Waals surface area contributed by atoms with Crippen LogP contribution in [0.4, 0.5) is 13.2 Å². The summed E-state index contributed by atoms with van der Waals surface area (Å²) in [5.74, 6) is -1.21. The summed E-state index contributed by atoms with van der Waals surface area (Å²) < 4.78 is 70.9. The normalized spacial score (nSPS) is 35.1. The lowest BCUT2D eigenvalue weighted by atomic mass is 9.74. The maximum Gasteiger partial charge on any atom is 0.406 e. The van der Waals surface area contributed by atoms with Crippen molar-refractivity contribution in [2.24, 2.45) is 17.8 Å². The van der Waals surface area contributed by atoms with E-state index in [1.54, 1.807) is 14.2 Å². The summed E-state index contributed by atoms with van der Waals surface area (Å²) in [5.41, 5.74) is 2.67. The van der Waals surface area contributed by atoms with E-state index in [1.807, 2.05) is 0 Å². The van der Waals surface area contributed by atoms with Gasteiger partial charge in [-0.05, 0) is 76.0 Å². The summed E-state index contributed by atoms with van der Waals surface area (Å²) in [6.07, 6.45) is 4.18. The largest absolute Gasteiger partial charge is 0.406 e. The number of hydrogen-bond donors (Lipinski definition) is 2. The Morgan fingerprint density at radius 2 is 1.44 bits per heavy atom. The first-order valence-corrected chi connectivity index (χ1v) is 17.1. The summed E-state index contributed by atoms with van der Waals surface area (Å²) in [6, 6.07) is -2.33. The molecule has 13 heteroatoms. The van der Waals surface area contributed by atoms with Gasteiger partial charge in [-0.2, -0.15) is 13.2 Å². The molecule has 9 nitrogen and oxygen atoms in total. The number of halogens is 3. The number of alkyl halides is 3. The van der Waals surface area contributed by atoms with Crippen LogP contribution in [0.5, 0.6) is 0 Å². The number of sulfonamides is 1. The van der Waals surface area contributed by atoms with Crippen LogP contribution in [-0.4, -0.2) is 96.7 Å². The van der Waals surface area contributed by atoms with Gasteiger partial charge in [-0.3, -0.25) is 9.59 Å². The number of rotatable bonds is 5. The van der Waals surface area contributed by atoms with Crippen LogP contribution >= 0.6 is 0 Å². The molecule has 4 saturated heterocycles. The lowest BCUT2D eigenvalue weighted by molar-refractivity contribution is -0.172. The number of nitrogens with one attached hydrogen (secondary N) is 2. The molecule has 0 aromatic heterocycles. The van der Waals surface area contributed by atoms with Gasteiger partial charge in [-0.15, -0.1) is 0 Å². The molecule has 4 unspecified atom stereocenters. The minimum atomic E-state index is -4.51. The first kappa shape index (κ1) is 31.0. The Bertz CT molecular complexity index is 1040. The van der Waals surface area contributed by atoms with Crippen LogP contribution in [0, 0.1) is 17.8 Å². The molecule has 41 heavy (non-hydrogen) atoms. The molecule has 4 atom stereocenters. The van der Waals surface area contributed by atoms with E-state index < -0.39 is 39.5 Å². The summed E-state index contributed by atoms with van der Waals surface area (Å²) in [6.45, 7) is 3.85. The molecule has 2 N–H and O–H groups in total. The van der Waals surface area contributed by atoms with Crippen molar-refractivity contribution in [2.75, 3.05) is 32.7 Å². The summed E-state index contributed by atoms with van der Waals surface area (Å²) in [4.78, 5) is 26.6. The number of hydrazine groups is 1. The molecule has 2 amide bonds. The van der Waals surface area contributed by atoms with Crippen LogP contribution in [0.3, 0.4) is 0 Å². The standard InChI is InChI=1S/C28H46F3N5O4S/c1-19(37)32-22-6-8-23(9-7-22)41(39,40)35-15-10-20(11-16-35)21-12-17-36-24(18-21)25(26(33-36)28(29,30)31)27(38)34-13-4-2-3-5-14-34/h20-26,33H,2-18H2,1H3,(H,32,37). The molecular weight excluding hydrogens is 559 g/mol. The SMILES string of the molecule is CC(=O)NC1CCC(S(=O)(=O)N2CCC(C3CCN4NC(C(F)(F)F)C(C(=O)N5CCCCCC5)C4C3)CC2)CC1.